The Morgan fingerprint density at radius 3 is 1.41 bits per heavy atom. The number of hydrogen-bond donors (Lipinski definition) is 1. The van der Waals surface area contributed by atoms with E-state index in [1.54, 1.807) is 0 Å². The van der Waals surface area contributed by atoms with Gasteiger partial charge in [0.15, 0.2) is 0 Å². The highest BCUT2D eigenvalue weighted by molar-refractivity contribution is 5.13. The fraction of sp³-hybridized carbons (Fsp3) is 0.250. The molecule has 2 N–H and O–H groups in total. The predicted molar refractivity (Wildman–Crippen MR) is 76.9 cm³/mol. The molecule has 0 saturated heterocycles. The van der Waals surface area contributed by atoms with Crippen molar-refractivity contribution in [2.45, 2.75) is 27.3 Å². The predicted octanol–water partition coefficient (Wildman–Crippen LogP) is 4.17. The summed E-state index contributed by atoms with van der Waals surface area (Å²) in [6, 6.07) is 20.3. The molecule has 2 rings (SSSR count). The molecule has 0 aromatic heterocycles. The van der Waals surface area contributed by atoms with E-state index >= 15 is 0 Å². The fourth-order valence-corrected chi connectivity index (χ4v) is 1.15. The van der Waals surface area contributed by atoms with Gasteiger partial charge in [-0.2, -0.15) is 0 Å². The molecular formula is C16H23N. The van der Waals surface area contributed by atoms with Gasteiger partial charge in [0.2, 0.25) is 0 Å². The molecule has 0 aliphatic rings. The van der Waals surface area contributed by atoms with Gasteiger partial charge in [0.05, 0.1) is 0 Å². The zero-order valence-corrected chi connectivity index (χ0v) is 11.1. The Balaban J connectivity index is 0.000000265. The largest absolute Gasteiger partial charge is 0.326 e. The Morgan fingerprint density at radius 1 is 0.765 bits per heavy atom. The van der Waals surface area contributed by atoms with Gasteiger partial charge in [0, 0.05) is 6.54 Å². The summed E-state index contributed by atoms with van der Waals surface area (Å²) >= 11 is 0. The highest BCUT2D eigenvalue weighted by Gasteiger charge is 1.80. The van der Waals surface area contributed by atoms with E-state index in [0.717, 1.165) is 0 Å². The maximum atomic E-state index is 5.35. The molecule has 0 spiro atoms. The first-order valence-electron chi connectivity index (χ1n) is 6.08. The van der Waals surface area contributed by atoms with E-state index in [2.05, 4.69) is 19.1 Å². The van der Waals surface area contributed by atoms with Crippen LogP contribution in [0.5, 0.6) is 0 Å². The average molecular weight is 229 g/mol. The first-order valence-corrected chi connectivity index (χ1v) is 6.08. The van der Waals surface area contributed by atoms with E-state index in [1.165, 1.54) is 11.1 Å². The number of hydrogen-bond acceptors (Lipinski definition) is 1. The minimum absolute atomic E-state index is 0.640. The molecule has 0 aliphatic carbocycles. The summed E-state index contributed by atoms with van der Waals surface area (Å²) in [5.74, 6) is 0. The van der Waals surface area contributed by atoms with Crippen molar-refractivity contribution < 1.29 is 0 Å². The highest BCUT2D eigenvalue weighted by Crippen LogP contribution is 1.94. The molecule has 2 aromatic carbocycles. The molecule has 0 fully saturated rings. The van der Waals surface area contributed by atoms with Gasteiger partial charge in [0.1, 0.15) is 0 Å². The van der Waals surface area contributed by atoms with Crippen molar-refractivity contribution in [3.63, 3.8) is 0 Å². The summed E-state index contributed by atoms with van der Waals surface area (Å²) < 4.78 is 0. The molecule has 0 bridgehead atoms. The standard InChI is InChI=1S/C7H9N.C7H8.C2H6/c8-6-7-4-2-1-3-5-7;1-7-5-3-2-4-6-7;1-2/h1-5H,6,8H2;2-6H,1H3;1-2H3. The molecule has 92 valence electrons. The van der Waals surface area contributed by atoms with Crippen molar-refractivity contribution >= 4 is 0 Å². The van der Waals surface area contributed by atoms with Gasteiger partial charge in [-0.1, -0.05) is 80.1 Å². The second-order valence-corrected chi connectivity index (χ2v) is 3.34. The third kappa shape index (κ3) is 8.23. The van der Waals surface area contributed by atoms with Crippen LogP contribution in [0.2, 0.25) is 0 Å². The van der Waals surface area contributed by atoms with E-state index < -0.39 is 0 Å². The number of nitrogens with two attached hydrogens (primary N) is 1. The van der Waals surface area contributed by atoms with Gasteiger partial charge >= 0.3 is 0 Å². The topological polar surface area (TPSA) is 26.0 Å². The van der Waals surface area contributed by atoms with Crippen molar-refractivity contribution in [2.24, 2.45) is 5.73 Å². The molecule has 0 atom stereocenters. The van der Waals surface area contributed by atoms with E-state index in [-0.39, 0.29) is 0 Å². The van der Waals surface area contributed by atoms with Crippen molar-refractivity contribution in [1.29, 1.82) is 0 Å². The van der Waals surface area contributed by atoms with Gasteiger partial charge in [-0.3, -0.25) is 0 Å². The third-order valence-electron chi connectivity index (χ3n) is 2.02. The molecule has 0 radical (unpaired) electrons. The lowest BCUT2D eigenvalue weighted by Crippen LogP contribution is -1.94. The van der Waals surface area contributed by atoms with E-state index in [4.69, 9.17) is 5.73 Å². The minimum Gasteiger partial charge on any atom is -0.326 e. The highest BCUT2D eigenvalue weighted by atomic mass is 14.5. The Kier molecular flexibility index (Phi) is 9.88. The molecule has 0 aliphatic heterocycles. The number of benzene rings is 2. The Morgan fingerprint density at radius 2 is 1.18 bits per heavy atom. The van der Waals surface area contributed by atoms with Crippen LogP contribution in [0.25, 0.3) is 0 Å². The minimum atomic E-state index is 0.640. The fourth-order valence-electron chi connectivity index (χ4n) is 1.15. The van der Waals surface area contributed by atoms with Crippen LogP contribution in [0.4, 0.5) is 0 Å². The average Bonchev–Trinajstić information content (AvgIpc) is 2.43. The molecule has 2 aromatic rings. The second-order valence-electron chi connectivity index (χ2n) is 3.34. The molecule has 17 heavy (non-hydrogen) atoms. The van der Waals surface area contributed by atoms with Gasteiger partial charge in [-0.05, 0) is 12.5 Å². The molecule has 0 unspecified atom stereocenters. The van der Waals surface area contributed by atoms with E-state index in [1.807, 2.05) is 62.4 Å². The van der Waals surface area contributed by atoms with Crippen LogP contribution in [-0.4, -0.2) is 0 Å². The Labute approximate surface area is 105 Å². The van der Waals surface area contributed by atoms with Crippen LogP contribution < -0.4 is 5.73 Å². The molecule has 1 heteroatoms. The molecule has 0 heterocycles. The molecule has 1 nitrogen and oxygen atoms in total. The lowest BCUT2D eigenvalue weighted by Gasteiger charge is -1.90. The van der Waals surface area contributed by atoms with E-state index in [9.17, 15) is 0 Å². The first-order chi connectivity index (χ1) is 8.33. The smallest absolute Gasteiger partial charge is 0.0178 e. The summed E-state index contributed by atoms with van der Waals surface area (Å²) in [7, 11) is 0. The summed E-state index contributed by atoms with van der Waals surface area (Å²) in [4.78, 5) is 0. The SMILES string of the molecule is CC.Cc1ccccc1.NCc1ccccc1. The van der Waals surface area contributed by atoms with Crippen LogP contribution in [0.3, 0.4) is 0 Å². The van der Waals surface area contributed by atoms with Crippen molar-refractivity contribution in [1.82, 2.24) is 0 Å². The zero-order chi connectivity index (χ0) is 12.9. The van der Waals surface area contributed by atoms with Crippen LogP contribution in [0, 0.1) is 6.92 Å². The summed E-state index contributed by atoms with van der Waals surface area (Å²) in [5, 5.41) is 0. The first kappa shape index (κ1) is 15.4. The normalized spacial score (nSPS) is 8.24. The molecular weight excluding hydrogens is 206 g/mol. The van der Waals surface area contributed by atoms with Crippen LogP contribution >= 0.6 is 0 Å². The zero-order valence-electron chi connectivity index (χ0n) is 11.1. The molecule has 0 amide bonds. The van der Waals surface area contributed by atoms with Gasteiger partial charge < -0.3 is 5.73 Å². The third-order valence-corrected chi connectivity index (χ3v) is 2.02. The lowest BCUT2D eigenvalue weighted by atomic mass is 10.2. The monoisotopic (exact) mass is 229 g/mol. The van der Waals surface area contributed by atoms with Crippen LogP contribution in [0.1, 0.15) is 25.0 Å². The Hall–Kier alpha value is -1.60. The maximum absolute atomic E-state index is 5.35. The summed E-state index contributed by atoms with van der Waals surface area (Å²) in [5.41, 5.74) is 7.86. The quantitative estimate of drug-likeness (QED) is 0.780. The summed E-state index contributed by atoms with van der Waals surface area (Å²) in [6.45, 7) is 6.72. The van der Waals surface area contributed by atoms with Crippen LogP contribution in [0.15, 0.2) is 60.7 Å². The maximum Gasteiger partial charge on any atom is 0.0178 e. The lowest BCUT2D eigenvalue weighted by molar-refractivity contribution is 1.07. The van der Waals surface area contributed by atoms with Gasteiger partial charge in [-0.15, -0.1) is 0 Å². The van der Waals surface area contributed by atoms with Crippen molar-refractivity contribution in [2.75, 3.05) is 0 Å². The van der Waals surface area contributed by atoms with Crippen LogP contribution in [-0.2, 0) is 6.54 Å². The Bertz CT molecular complexity index is 354. The van der Waals surface area contributed by atoms with Gasteiger partial charge in [0.25, 0.3) is 0 Å². The number of rotatable bonds is 1. The number of aryl methyl sites for hydroxylation is 1. The van der Waals surface area contributed by atoms with Crippen molar-refractivity contribution in [3.8, 4) is 0 Å². The second kappa shape index (κ2) is 10.9. The molecule has 0 saturated carbocycles. The van der Waals surface area contributed by atoms with E-state index in [0.29, 0.717) is 6.54 Å². The van der Waals surface area contributed by atoms with Crippen molar-refractivity contribution in [3.05, 3.63) is 71.8 Å². The summed E-state index contributed by atoms with van der Waals surface area (Å²) in [6.07, 6.45) is 0. The van der Waals surface area contributed by atoms with Gasteiger partial charge in [-0.25, -0.2) is 0 Å².